The predicted molar refractivity (Wildman–Crippen MR) is 147 cm³/mol. The molecule has 0 amide bonds. The van der Waals surface area contributed by atoms with Crippen LogP contribution in [0.5, 0.6) is 5.75 Å². The van der Waals surface area contributed by atoms with E-state index in [0.717, 1.165) is 27.8 Å². The molecule has 0 radical (unpaired) electrons. The molecule has 6 nitrogen and oxygen atoms in total. The van der Waals surface area contributed by atoms with E-state index < -0.39 is 23.1 Å². The molecule has 40 heavy (non-hydrogen) atoms. The summed E-state index contributed by atoms with van der Waals surface area (Å²) in [5.41, 5.74) is 1.92. The molecule has 0 unspecified atom stereocenters. The van der Waals surface area contributed by atoms with E-state index >= 15 is 0 Å². The van der Waals surface area contributed by atoms with Crippen molar-refractivity contribution in [2.24, 2.45) is 0 Å². The largest absolute Gasteiger partial charge is 0.486 e. The first-order valence-electron chi connectivity index (χ1n) is 12.1. The number of thiazole rings is 1. The van der Waals surface area contributed by atoms with Gasteiger partial charge in [-0.1, -0.05) is 37.6 Å². The van der Waals surface area contributed by atoms with Crippen LogP contribution in [0.1, 0.15) is 36.2 Å². The first kappa shape index (κ1) is 29.2. The molecule has 1 aromatic carbocycles. The Bertz CT molecular complexity index is 1720. The first-order chi connectivity index (χ1) is 19.1. The lowest BCUT2D eigenvalue weighted by atomic mass is 10.0. The molecular formula is C28H23ClF4N4O2S. The van der Waals surface area contributed by atoms with Crippen LogP contribution in [0.15, 0.2) is 65.3 Å². The molecule has 0 aliphatic heterocycles. The molecule has 0 spiro atoms. The summed E-state index contributed by atoms with van der Waals surface area (Å²) in [5, 5.41) is 0.729. The summed E-state index contributed by atoms with van der Waals surface area (Å²) in [6, 6.07) is 8.96. The van der Waals surface area contributed by atoms with E-state index in [0.29, 0.717) is 33.1 Å². The second-order valence-corrected chi connectivity index (χ2v) is 9.80. The van der Waals surface area contributed by atoms with Crippen LogP contribution in [-0.2, 0) is 19.3 Å². The number of halogens is 5. The summed E-state index contributed by atoms with van der Waals surface area (Å²) >= 11 is 7.63. The highest BCUT2D eigenvalue weighted by Gasteiger charge is 2.34. The highest BCUT2D eigenvalue weighted by atomic mass is 35.5. The van der Waals surface area contributed by atoms with Gasteiger partial charge < -0.3 is 9.30 Å². The third kappa shape index (κ3) is 6.00. The molecule has 0 bridgehead atoms. The van der Waals surface area contributed by atoms with Gasteiger partial charge in [0.05, 0.1) is 18.3 Å². The minimum absolute atomic E-state index is 0.0525. The predicted octanol–water partition coefficient (Wildman–Crippen LogP) is 7.69. The number of alkyl halides is 3. The van der Waals surface area contributed by atoms with Crippen molar-refractivity contribution < 1.29 is 22.3 Å². The zero-order chi connectivity index (χ0) is 29.0. The third-order valence-electron chi connectivity index (χ3n) is 5.84. The van der Waals surface area contributed by atoms with E-state index in [1.165, 1.54) is 23.7 Å². The molecule has 0 N–H and O–H groups in total. The fourth-order valence-corrected chi connectivity index (χ4v) is 4.88. The van der Waals surface area contributed by atoms with Gasteiger partial charge in [0.2, 0.25) is 0 Å². The fraction of sp³-hybridized carbons (Fsp3) is 0.214. The van der Waals surface area contributed by atoms with Crippen molar-refractivity contribution in [2.75, 3.05) is 0 Å². The number of pyridine rings is 3. The number of hydrogen-bond acceptors (Lipinski definition) is 6. The van der Waals surface area contributed by atoms with Crippen LogP contribution in [0.2, 0.25) is 4.34 Å². The molecule has 0 saturated carbocycles. The van der Waals surface area contributed by atoms with Gasteiger partial charge in [0.15, 0.2) is 0 Å². The Morgan fingerprint density at radius 2 is 1.90 bits per heavy atom. The standard InChI is InChI=1S/C26H17ClF4N4O2S.C2H6/c1-14-8-17(23-24(27)38-13-33-23)16-4-2-6-21(22(16)34-14)37-12-18-15(9-32-10-20(18)28)11-35-7-3-5-19(25(35)36)26(29,30)31;1-2/h2-10,13H,11-12H2,1H3;1-2H3. The van der Waals surface area contributed by atoms with E-state index in [2.05, 4.69) is 15.0 Å². The van der Waals surface area contributed by atoms with Gasteiger partial charge in [-0.15, -0.1) is 11.3 Å². The number of hydrogen-bond donors (Lipinski definition) is 0. The Morgan fingerprint density at radius 3 is 2.60 bits per heavy atom. The van der Waals surface area contributed by atoms with Crippen molar-refractivity contribution in [3.05, 3.63) is 103 Å². The van der Waals surface area contributed by atoms with Crippen LogP contribution in [0.25, 0.3) is 22.2 Å². The lowest BCUT2D eigenvalue weighted by Crippen LogP contribution is -2.28. The average molecular weight is 591 g/mol. The molecule has 5 rings (SSSR count). The highest BCUT2D eigenvalue weighted by Crippen LogP contribution is 2.37. The maximum Gasteiger partial charge on any atom is 0.421 e. The average Bonchev–Trinajstić information content (AvgIpc) is 3.35. The molecule has 0 aliphatic rings. The van der Waals surface area contributed by atoms with Crippen LogP contribution in [0.3, 0.4) is 0 Å². The highest BCUT2D eigenvalue weighted by molar-refractivity contribution is 7.14. The number of benzene rings is 1. The quantitative estimate of drug-likeness (QED) is 0.190. The Hall–Kier alpha value is -3.83. The monoisotopic (exact) mass is 590 g/mol. The van der Waals surface area contributed by atoms with Gasteiger partial charge in [0.1, 0.15) is 39.3 Å². The van der Waals surface area contributed by atoms with E-state index in [9.17, 15) is 22.4 Å². The summed E-state index contributed by atoms with van der Waals surface area (Å²) in [6.07, 6.45) is -1.34. The van der Waals surface area contributed by atoms with Crippen molar-refractivity contribution in [3.8, 4) is 17.0 Å². The summed E-state index contributed by atoms with van der Waals surface area (Å²) < 4.78 is 61.8. The molecule has 208 valence electrons. The normalized spacial score (nSPS) is 11.3. The molecule has 4 heterocycles. The number of nitrogens with zero attached hydrogens (tertiary/aromatic N) is 4. The smallest absolute Gasteiger partial charge is 0.421 e. The lowest BCUT2D eigenvalue weighted by Gasteiger charge is -2.15. The number of aromatic nitrogens is 4. The molecule has 12 heteroatoms. The van der Waals surface area contributed by atoms with Crippen molar-refractivity contribution in [1.29, 1.82) is 0 Å². The second kappa shape index (κ2) is 12.1. The van der Waals surface area contributed by atoms with Crippen molar-refractivity contribution in [2.45, 2.75) is 40.1 Å². The topological polar surface area (TPSA) is 69.9 Å². The van der Waals surface area contributed by atoms with Gasteiger partial charge in [-0.25, -0.2) is 14.4 Å². The van der Waals surface area contributed by atoms with Gasteiger partial charge in [0, 0.05) is 34.6 Å². The SMILES string of the molecule is CC.Cc1cc(-c2ncsc2Cl)c2cccc(OCc3c(F)cncc3Cn3cccc(C(F)(F)F)c3=O)c2n1. The second-order valence-electron chi connectivity index (χ2n) is 8.34. The number of fused-ring (bicyclic) bond motifs is 1. The van der Waals surface area contributed by atoms with Crippen LogP contribution in [-0.4, -0.2) is 19.5 Å². The Morgan fingerprint density at radius 1 is 1.12 bits per heavy atom. The number of aryl methyl sites for hydroxylation is 1. The number of rotatable bonds is 6. The maximum atomic E-state index is 14.8. The summed E-state index contributed by atoms with van der Waals surface area (Å²) in [5.74, 6) is -0.362. The van der Waals surface area contributed by atoms with Gasteiger partial charge >= 0.3 is 6.18 Å². The Labute approximate surface area is 235 Å². The van der Waals surface area contributed by atoms with Gasteiger partial charge in [-0.2, -0.15) is 13.2 Å². The third-order valence-corrected chi connectivity index (χ3v) is 6.90. The molecule has 0 aliphatic carbocycles. The van der Waals surface area contributed by atoms with Gasteiger partial charge in [-0.05, 0) is 36.8 Å². The van der Waals surface area contributed by atoms with E-state index in [1.807, 2.05) is 32.9 Å². The van der Waals surface area contributed by atoms with Crippen LogP contribution < -0.4 is 10.3 Å². The fourth-order valence-electron chi connectivity index (χ4n) is 4.08. The van der Waals surface area contributed by atoms with Crippen LogP contribution in [0, 0.1) is 12.7 Å². The zero-order valence-corrected chi connectivity index (χ0v) is 23.2. The molecular weight excluding hydrogens is 568 g/mol. The van der Waals surface area contributed by atoms with Crippen molar-refractivity contribution >= 4 is 33.8 Å². The summed E-state index contributed by atoms with van der Waals surface area (Å²) in [4.78, 5) is 25.2. The first-order valence-corrected chi connectivity index (χ1v) is 13.4. The maximum absolute atomic E-state index is 14.8. The van der Waals surface area contributed by atoms with E-state index in [-0.39, 0.29) is 24.3 Å². The lowest BCUT2D eigenvalue weighted by molar-refractivity contribution is -0.138. The van der Waals surface area contributed by atoms with Crippen LogP contribution in [0.4, 0.5) is 17.6 Å². The minimum atomic E-state index is -4.81. The molecule has 4 aromatic heterocycles. The molecule has 0 fully saturated rings. The molecule has 0 saturated heterocycles. The van der Waals surface area contributed by atoms with Crippen molar-refractivity contribution in [3.63, 3.8) is 0 Å². The summed E-state index contributed by atoms with van der Waals surface area (Å²) in [7, 11) is 0. The van der Waals surface area contributed by atoms with Crippen molar-refractivity contribution in [1.82, 2.24) is 19.5 Å². The number of ether oxygens (including phenoxy) is 1. The summed E-state index contributed by atoms with van der Waals surface area (Å²) in [6.45, 7) is 5.21. The van der Waals surface area contributed by atoms with E-state index in [4.69, 9.17) is 16.3 Å². The Kier molecular flexibility index (Phi) is 8.85. The Balaban J connectivity index is 0.00000181. The van der Waals surface area contributed by atoms with Crippen LogP contribution >= 0.6 is 22.9 Å². The van der Waals surface area contributed by atoms with Gasteiger partial charge in [-0.3, -0.25) is 9.78 Å². The molecule has 5 aromatic rings. The van der Waals surface area contributed by atoms with E-state index in [1.54, 1.807) is 17.6 Å². The number of para-hydroxylation sites is 1. The molecule has 0 atom stereocenters. The zero-order valence-electron chi connectivity index (χ0n) is 21.6. The minimum Gasteiger partial charge on any atom is -0.486 e. The van der Waals surface area contributed by atoms with Gasteiger partial charge in [0.25, 0.3) is 5.56 Å².